The minimum Gasteiger partial charge on any atom is -0.478 e. The number of carboxylic acids is 2. The number of carboxylic acid groups (broad SMARTS) is 2. The average Bonchev–Trinajstić information content (AvgIpc) is 2.47. The summed E-state index contributed by atoms with van der Waals surface area (Å²) in [5, 5.41) is 16.5. The van der Waals surface area contributed by atoms with E-state index in [1.165, 1.54) is 24.9 Å². The number of hydrogen-bond acceptors (Lipinski definition) is 3. The van der Waals surface area contributed by atoms with Crippen LogP contribution in [-0.2, 0) is 9.59 Å². The monoisotopic (exact) mass is 311 g/mol. The summed E-state index contributed by atoms with van der Waals surface area (Å²) in [6, 6.07) is 8.10. The Hall–Kier alpha value is -2.01. The van der Waals surface area contributed by atoms with Crippen LogP contribution >= 0.6 is 11.6 Å². The van der Waals surface area contributed by atoms with Crippen LogP contribution in [0.25, 0.3) is 0 Å². The lowest BCUT2D eigenvalue weighted by Gasteiger charge is -2.29. The summed E-state index contributed by atoms with van der Waals surface area (Å²) in [5.41, 5.74) is 1.20. The lowest BCUT2D eigenvalue weighted by Crippen LogP contribution is -2.29. The lowest BCUT2D eigenvalue weighted by atomic mass is 10.1. The van der Waals surface area contributed by atoms with Gasteiger partial charge in [-0.15, -0.1) is 0 Å². The van der Waals surface area contributed by atoms with Crippen molar-refractivity contribution in [3.63, 3.8) is 0 Å². The van der Waals surface area contributed by atoms with Gasteiger partial charge in [0.25, 0.3) is 0 Å². The summed E-state index contributed by atoms with van der Waals surface area (Å²) in [6.07, 6.45) is 5.07. The summed E-state index contributed by atoms with van der Waals surface area (Å²) >= 11 is 6.12. The Balaban J connectivity index is 0.000000240. The second-order valence-electron chi connectivity index (χ2n) is 4.51. The Morgan fingerprint density at radius 2 is 1.52 bits per heavy atom. The van der Waals surface area contributed by atoms with Crippen molar-refractivity contribution >= 4 is 29.2 Å². The molecule has 0 radical (unpaired) electrons. The highest BCUT2D eigenvalue weighted by molar-refractivity contribution is 6.33. The van der Waals surface area contributed by atoms with Gasteiger partial charge in [0.15, 0.2) is 0 Å². The SMILES string of the molecule is Clc1ccccc1N1CCCCC1.O=C(O)/C=C/C(=O)O. The Labute approximate surface area is 128 Å². The molecule has 1 aromatic carbocycles. The topological polar surface area (TPSA) is 77.8 Å². The van der Waals surface area contributed by atoms with Gasteiger partial charge in [0.05, 0.1) is 10.7 Å². The lowest BCUT2D eigenvalue weighted by molar-refractivity contribution is -0.134. The third kappa shape index (κ3) is 6.81. The predicted molar refractivity (Wildman–Crippen MR) is 81.9 cm³/mol. The van der Waals surface area contributed by atoms with Gasteiger partial charge in [-0.2, -0.15) is 0 Å². The van der Waals surface area contributed by atoms with Crippen molar-refractivity contribution in [2.24, 2.45) is 0 Å². The highest BCUT2D eigenvalue weighted by Crippen LogP contribution is 2.27. The Morgan fingerprint density at radius 3 is 2.00 bits per heavy atom. The van der Waals surface area contributed by atoms with Crippen LogP contribution in [0.15, 0.2) is 36.4 Å². The fraction of sp³-hybridized carbons (Fsp3) is 0.333. The predicted octanol–water partition coefficient (Wildman–Crippen LogP) is 3.04. The van der Waals surface area contributed by atoms with E-state index in [4.69, 9.17) is 21.8 Å². The highest BCUT2D eigenvalue weighted by Gasteiger charge is 2.12. The van der Waals surface area contributed by atoms with E-state index in [0.717, 1.165) is 18.1 Å². The summed E-state index contributed by atoms with van der Waals surface area (Å²) in [4.78, 5) is 21.5. The van der Waals surface area contributed by atoms with Crippen LogP contribution in [0.5, 0.6) is 0 Å². The van der Waals surface area contributed by atoms with Crippen LogP contribution in [0, 0.1) is 0 Å². The van der Waals surface area contributed by atoms with E-state index in [1.54, 1.807) is 0 Å². The third-order valence-corrected chi connectivity index (χ3v) is 3.24. The van der Waals surface area contributed by atoms with Crippen LogP contribution in [0.3, 0.4) is 0 Å². The first-order valence-electron chi connectivity index (χ1n) is 6.64. The molecule has 0 atom stereocenters. The molecule has 21 heavy (non-hydrogen) atoms. The Morgan fingerprint density at radius 1 is 1.00 bits per heavy atom. The normalized spacial score (nSPS) is 14.4. The third-order valence-electron chi connectivity index (χ3n) is 2.92. The molecule has 0 amide bonds. The van der Waals surface area contributed by atoms with Crippen molar-refractivity contribution in [1.29, 1.82) is 0 Å². The molecular weight excluding hydrogens is 294 g/mol. The minimum absolute atomic E-state index is 0.558. The number of nitrogens with zero attached hydrogens (tertiary/aromatic N) is 1. The molecule has 0 saturated carbocycles. The maximum atomic E-state index is 9.55. The maximum absolute atomic E-state index is 9.55. The second-order valence-corrected chi connectivity index (χ2v) is 4.92. The van der Waals surface area contributed by atoms with Crippen LogP contribution in [0.4, 0.5) is 5.69 Å². The molecule has 1 aliphatic rings. The van der Waals surface area contributed by atoms with Gasteiger partial charge >= 0.3 is 11.9 Å². The summed E-state index contributed by atoms with van der Waals surface area (Å²) in [7, 11) is 0. The molecule has 1 saturated heterocycles. The minimum atomic E-state index is -1.26. The molecule has 2 rings (SSSR count). The molecular formula is C15H18ClNO4. The Bertz CT molecular complexity index is 494. The maximum Gasteiger partial charge on any atom is 0.328 e. The molecule has 0 spiro atoms. The van der Waals surface area contributed by atoms with Gasteiger partial charge in [0.2, 0.25) is 0 Å². The number of rotatable bonds is 3. The molecule has 1 aliphatic heterocycles. The van der Waals surface area contributed by atoms with Gasteiger partial charge in [-0.05, 0) is 31.4 Å². The molecule has 0 aliphatic carbocycles. The van der Waals surface area contributed by atoms with E-state index in [0.29, 0.717) is 12.2 Å². The van der Waals surface area contributed by atoms with E-state index < -0.39 is 11.9 Å². The first-order valence-corrected chi connectivity index (χ1v) is 7.02. The average molecular weight is 312 g/mol. The molecule has 6 heteroatoms. The van der Waals surface area contributed by atoms with Gasteiger partial charge < -0.3 is 15.1 Å². The number of halogens is 1. The first-order chi connectivity index (χ1) is 10.0. The van der Waals surface area contributed by atoms with E-state index in [2.05, 4.69) is 17.0 Å². The van der Waals surface area contributed by atoms with Gasteiger partial charge in [0, 0.05) is 25.2 Å². The number of hydrogen-bond donors (Lipinski definition) is 2. The fourth-order valence-corrected chi connectivity index (χ4v) is 2.24. The standard InChI is InChI=1S/C11H14ClN.C4H4O4/c12-10-6-2-3-7-11(10)13-8-4-1-5-9-13;5-3(6)1-2-4(7)8/h2-3,6-7H,1,4-5,8-9H2;1-2H,(H,5,6)(H,7,8)/b;2-1+. The van der Waals surface area contributed by atoms with Gasteiger partial charge in [-0.25, -0.2) is 9.59 Å². The molecule has 0 bridgehead atoms. The van der Waals surface area contributed by atoms with Crippen molar-refractivity contribution in [2.45, 2.75) is 19.3 Å². The van der Waals surface area contributed by atoms with E-state index in [9.17, 15) is 9.59 Å². The molecule has 2 N–H and O–H groups in total. The number of anilines is 1. The van der Waals surface area contributed by atoms with E-state index in [1.807, 2.05) is 12.1 Å². The van der Waals surface area contributed by atoms with Crippen molar-refractivity contribution in [3.05, 3.63) is 41.4 Å². The molecule has 0 unspecified atom stereocenters. The first kappa shape index (κ1) is 17.0. The van der Waals surface area contributed by atoms with Crippen molar-refractivity contribution in [3.8, 4) is 0 Å². The van der Waals surface area contributed by atoms with Gasteiger partial charge in [-0.3, -0.25) is 0 Å². The van der Waals surface area contributed by atoms with E-state index in [-0.39, 0.29) is 0 Å². The number of para-hydroxylation sites is 1. The second kappa shape index (κ2) is 9.02. The fourth-order valence-electron chi connectivity index (χ4n) is 1.99. The molecule has 5 nitrogen and oxygen atoms in total. The smallest absolute Gasteiger partial charge is 0.328 e. The van der Waals surface area contributed by atoms with Crippen LogP contribution in [0.2, 0.25) is 5.02 Å². The number of aliphatic carboxylic acids is 2. The van der Waals surface area contributed by atoms with Gasteiger partial charge in [0.1, 0.15) is 0 Å². The number of benzene rings is 1. The highest BCUT2D eigenvalue weighted by atomic mass is 35.5. The summed E-state index contributed by atoms with van der Waals surface area (Å²) in [5.74, 6) is -2.51. The van der Waals surface area contributed by atoms with E-state index >= 15 is 0 Å². The number of carbonyl (C=O) groups is 2. The van der Waals surface area contributed by atoms with Crippen LogP contribution in [0.1, 0.15) is 19.3 Å². The summed E-state index contributed by atoms with van der Waals surface area (Å²) < 4.78 is 0. The zero-order valence-corrected chi connectivity index (χ0v) is 12.3. The quantitative estimate of drug-likeness (QED) is 0.839. The van der Waals surface area contributed by atoms with Crippen LogP contribution in [-0.4, -0.2) is 35.2 Å². The van der Waals surface area contributed by atoms with Crippen molar-refractivity contribution in [1.82, 2.24) is 0 Å². The summed E-state index contributed by atoms with van der Waals surface area (Å²) in [6.45, 7) is 2.31. The molecule has 114 valence electrons. The van der Waals surface area contributed by atoms with Crippen LogP contribution < -0.4 is 4.90 Å². The number of piperidine rings is 1. The zero-order valence-electron chi connectivity index (χ0n) is 11.5. The molecule has 1 fully saturated rings. The van der Waals surface area contributed by atoms with Crippen molar-refractivity contribution in [2.75, 3.05) is 18.0 Å². The van der Waals surface area contributed by atoms with Crippen molar-refractivity contribution < 1.29 is 19.8 Å². The molecule has 0 aromatic heterocycles. The zero-order chi connectivity index (χ0) is 15.7. The largest absolute Gasteiger partial charge is 0.478 e. The molecule has 1 heterocycles. The van der Waals surface area contributed by atoms with Gasteiger partial charge in [-0.1, -0.05) is 23.7 Å². The Kier molecular flexibility index (Phi) is 7.32. The molecule has 1 aromatic rings.